The van der Waals surface area contributed by atoms with Gasteiger partial charge in [-0.25, -0.2) is 4.57 Å². The largest absolute Gasteiger partial charge is 0.493 e. The maximum Gasteiger partial charge on any atom is 0.298 e. The van der Waals surface area contributed by atoms with Crippen molar-refractivity contribution in [3.8, 4) is 17.6 Å². The van der Waals surface area contributed by atoms with Crippen molar-refractivity contribution in [1.29, 1.82) is 5.26 Å². The zero-order valence-electron chi connectivity index (χ0n) is 14.9. The smallest absolute Gasteiger partial charge is 0.298 e. The number of hydrogen-bond acceptors (Lipinski definition) is 7. The Morgan fingerprint density at radius 3 is 2.52 bits per heavy atom. The van der Waals surface area contributed by atoms with E-state index in [1.165, 1.54) is 19.1 Å². The minimum Gasteiger partial charge on any atom is -0.493 e. The fourth-order valence-electron chi connectivity index (χ4n) is 2.66. The van der Waals surface area contributed by atoms with Crippen molar-refractivity contribution in [3.05, 3.63) is 85.1 Å². The number of nitro groups is 1. The van der Waals surface area contributed by atoms with Crippen LogP contribution < -0.4 is 5.56 Å². The van der Waals surface area contributed by atoms with E-state index in [1.54, 1.807) is 30.3 Å². The Hall–Kier alpha value is -4.03. The van der Waals surface area contributed by atoms with Crippen LogP contribution in [0.2, 0.25) is 5.02 Å². The van der Waals surface area contributed by atoms with E-state index in [0.717, 1.165) is 10.6 Å². The second-order valence-corrected chi connectivity index (χ2v) is 6.29. The van der Waals surface area contributed by atoms with E-state index in [4.69, 9.17) is 11.6 Å². The molecule has 144 valence electrons. The molecule has 2 aromatic carbocycles. The summed E-state index contributed by atoms with van der Waals surface area (Å²) in [5.74, 6) is -0.530. The Kier molecular flexibility index (Phi) is 5.38. The maximum absolute atomic E-state index is 13.0. The van der Waals surface area contributed by atoms with Gasteiger partial charge in [0.15, 0.2) is 11.4 Å². The average Bonchev–Trinajstić information content (AvgIpc) is 2.69. The zero-order chi connectivity index (χ0) is 21.1. The summed E-state index contributed by atoms with van der Waals surface area (Å²) in [6.45, 7) is 1.43. The van der Waals surface area contributed by atoms with Gasteiger partial charge in [0.05, 0.1) is 10.6 Å². The van der Waals surface area contributed by atoms with Crippen LogP contribution in [0.25, 0.3) is 5.69 Å². The van der Waals surface area contributed by atoms with E-state index in [9.17, 15) is 25.3 Å². The van der Waals surface area contributed by atoms with Gasteiger partial charge in [-0.3, -0.25) is 14.9 Å². The highest BCUT2D eigenvalue weighted by molar-refractivity contribution is 6.30. The van der Waals surface area contributed by atoms with Crippen LogP contribution in [0.1, 0.15) is 11.1 Å². The van der Waals surface area contributed by atoms with Crippen molar-refractivity contribution in [2.45, 2.75) is 6.92 Å². The van der Waals surface area contributed by atoms with Gasteiger partial charge in [-0.15, -0.1) is 10.2 Å². The Balaban J connectivity index is 2.24. The molecule has 0 aliphatic rings. The summed E-state index contributed by atoms with van der Waals surface area (Å²) in [4.78, 5) is 23.5. The molecule has 3 aromatic rings. The van der Waals surface area contributed by atoms with Crippen molar-refractivity contribution in [3.63, 3.8) is 0 Å². The van der Waals surface area contributed by atoms with Gasteiger partial charge in [0.1, 0.15) is 11.6 Å². The molecule has 9 nitrogen and oxygen atoms in total. The highest BCUT2D eigenvalue weighted by atomic mass is 35.5. The molecule has 0 bridgehead atoms. The summed E-state index contributed by atoms with van der Waals surface area (Å²) in [5.41, 5.74) is -1.20. The van der Waals surface area contributed by atoms with E-state index in [-0.39, 0.29) is 33.2 Å². The molecule has 29 heavy (non-hydrogen) atoms. The Morgan fingerprint density at radius 2 is 1.90 bits per heavy atom. The first-order valence-electron chi connectivity index (χ1n) is 8.15. The van der Waals surface area contributed by atoms with Crippen molar-refractivity contribution in [1.82, 2.24) is 4.57 Å². The topological polar surface area (TPSA) is 134 Å². The number of rotatable bonds is 4. The van der Waals surface area contributed by atoms with Crippen LogP contribution in [-0.4, -0.2) is 14.6 Å². The highest BCUT2D eigenvalue weighted by Crippen LogP contribution is 2.33. The van der Waals surface area contributed by atoms with Crippen molar-refractivity contribution >= 4 is 28.7 Å². The van der Waals surface area contributed by atoms with Gasteiger partial charge in [0, 0.05) is 16.7 Å². The molecule has 3 rings (SSSR count). The van der Waals surface area contributed by atoms with Crippen LogP contribution in [-0.2, 0) is 0 Å². The molecule has 0 radical (unpaired) electrons. The first-order chi connectivity index (χ1) is 13.8. The molecule has 0 aliphatic heterocycles. The van der Waals surface area contributed by atoms with Crippen LogP contribution in [0.4, 0.5) is 17.1 Å². The predicted molar refractivity (Wildman–Crippen MR) is 105 cm³/mol. The third-order valence-corrected chi connectivity index (χ3v) is 4.32. The molecule has 0 unspecified atom stereocenters. The predicted octanol–water partition coefficient (Wildman–Crippen LogP) is 4.70. The zero-order valence-corrected chi connectivity index (χ0v) is 15.7. The van der Waals surface area contributed by atoms with Crippen LogP contribution in [0.15, 0.2) is 63.6 Å². The molecule has 0 aliphatic carbocycles. The number of para-hydroxylation sites is 1. The normalized spacial score (nSPS) is 10.8. The van der Waals surface area contributed by atoms with Gasteiger partial charge in [-0.2, -0.15) is 5.26 Å². The molecule has 0 fully saturated rings. The third-order valence-electron chi connectivity index (χ3n) is 4.09. The quantitative estimate of drug-likeness (QED) is 0.378. The lowest BCUT2D eigenvalue weighted by Gasteiger charge is -2.12. The molecule has 0 spiro atoms. The van der Waals surface area contributed by atoms with E-state index >= 15 is 0 Å². The monoisotopic (exact) mass is 409 g/mol. The molecule has 1 aromatic heterocycles. The van der Waals surface area contributed by atoms with Crippen molar-refractivity contribution in [2.24, 2.45) is 10.2 Å². The third kappa shape index (κ3) is 3.69. The van der Waals surface area contributed by atoms with Crippen LogP contribution in [0.5, 0.6) is 5.88 Å². The number of halogens is 1. The average molecular weight is 410 g/mol. The fraction of sp³-hybridized carbons (Fsp3) is 0.0526. The second kappa shape index (κ2) is 7.92. The standard InChI is InChI=1S/C19H12ClN5O4/c1-11-14(10-21)18(26)24(13-5-3-2-4-6-13)19(27)17(11)23-22-15-8-7-12(20)9-16(15)25(28)29/h2-9,26H,1H3. The SMILES string of the molecule is Cc1c(C#N)c(O)n(-c2ccccc2)c(=O)c1N=Nc1ccc(Cl)cc1[N+](=O)[O-]. The van der Waals surface area contributed by atoms with E-state index < -0.39 is 16.4 Å². The number of nitro benzene ring substituents is 1. The number of aromatic nitrogens is 1. The van der Waals surface area contributed by atoms with Crippen LogP contribution in [0, 0.1) is 28.4 Å². The first kappa shape index (κ1) is 19.7. The molecular formula is C19H12ClN5O4. The summed E-state index contributed by atoms with van der Waals surface area (Å²) < 4.78 is 0.927. The van der Waals surface area contributed by atoms with Gasteiger partial charge in [-0.1, -0.05) is 29.8 Å². The van der Waals surface area contributed by atoms with E-state index in [1.807, 2.05) is 6.07 Å². The van der Waals surface area contributed by atoms with Gasteiger partial charge in [-0.05, 0) is 31.2 Å². The summed E-state index contributed by atoms with van der Waals surface area (Å²) in [5, 5.41) is 38.9. The fourth-order valence-corrected chi connectivity index (χ4v) is 2.83. The summed E-state index contributed by atoms with van der Waals surface area (Å²) in [6.07, 6.45) is 0. The van der Waals surface area contributed by atoms with Gasteiger partial charge >= 0.3 is 0 Å². The maximum atomic E-state index is 13.0. The Bertz CT molecular complexity index is 1250. The number of benzene rings is 2. The van der Waals surface area contributed by atoms with E-state index in [2.05, 4.69) is 10.2 Å². The molecule has 0 atom stereocenters. The number of nitrogens with zero attached hydrogens (tertiary/aromatic N) is 5. The lowest BCUT2D eigenvalue weighted by Crippen LogP contribution is -2.20. The minimum absolute atomic E-state index is 0.0996. The molecule has 0 saturated heterocycles. The van der Waals surface area contributed by atoms with Crippen molar-refractivity contribution < 1.29 is 10.0 Å². The minimum atomic E-state index is -0.731. The lowest BCUT2D eigenvalue weighted by molar-refractivity contribution is -0.384. The number of aromatic hydroxyl groups is 1. The van der Waals surface area contributed by atoms with Crippen LogP contribution in [0.3, 0.4) is 0 Å². The molecular weight excluding hydrogens is 398 g/mol. The Labute approximate surface area is 168 Å². The molecule has 0 saturated carbocycles. The summed E-state index contributed by atoms with van der Waals surface area (Å²) >= 11 is 5.78. The molecule has 0 amide bonds. The Morgan fingerprint density at radius 1 is 1.21 bits per heavy atom. The molecule has 10 heteroatoms. The van der Waals surface area contributed by atoms with Gasteiger partial charge in [0.25, 0.3) is 11.2 Å². The summed E-state index contributed by atoms with van der Waals surface area (Å²) in [6, 6.07) is 13.8. The first-order valence-corrected chi connectivity index (χ1v) is 8.52. The number of azo groups is 1. The summed E-state index contributed by atoms with van der Waals surface area (Å²) in [7, 11) is 0. The van der Waals surface area contributed by atoms with Crippen molar-refractivity contribution in [2.75, 3.05) is 0 Å². The second-order valence-electron chi connectivity index (χ2n) is 5.85. The lowest BCUT2D eigenvalue weighted by atomic mass is 10.1. The highest BCUT2D eigenvalue weighted by Gasteiger charge is 2.21. The number of pyridine rings is 1. The van der Waals surface area contributed by atoms with Gasteiger partial charge in [0.2, 0.25) is 5.88 Å². The molecule has 1 N–H and O–H groups in total. The number of hydrogen-bond donors (Lipinski definition) is 1. The number of nitriles is 1. The van der Waals surface area contributed by atoms with Gasteiger partial charge < -0.3 is 5.11 Å². The van der Waals surface area contributed by atoms with Crippen LogP contribution >= 0.6 is 11.6 Å². The molecule has 1 heterocycles. The van der Waals surface area contributed by atoms with E-state index in [0.29, 0.717) is 5.69 Å².